The lowest BCUT2D eigenvalue weighted by molar-refractivity contribution is -0.140. The summed E-state index contributed by atoms with van der Waals surface area (Å²) < 4.78 is 4.26. The second-order valence-electron chi connectivity index (χ2n) is 5.90. The highest BCUT2D eigenvalue weighted by Gasteiger charge is 2.06. The highest BCUT2D eigenvalue weighted by Crippen LogP contribution is 2.30. The van der Waals surface area contributed by atoms with E-state index in [1.54, 1.807) is 18.7 Å². The molecule has 0 aliphatic heterocycles. The lowest BCUT2D eigenvalue weighted by Gasteiger charge is -2.06. The third-order valence-electron chi connectivity index (χ3n) is 3.16. The molecule has 0 aliphatic rings. The van der Waals surface area contributed by atoms with E-state index in [4.69, 9.17) is 0 Å². The second kappa shape index (κ2) is 22.8. The van der Waals surface area contributed by atoms with Gasteiger partial charge in [0.05, 0.1) is 18.1 Å². The van der Waals surface area contributed by atoms with Gasteiger partial charge in [0.15, 0.2) is 0 Å². The van der Waals surface area contributed by atoms with Crippen LogP contribution in [0.5, 0.6) is 0 Å². The van der Waals surface area contributed by atoms with Gasteiger partial charge in [0.2, 0.25) is 0 Å². The van der Waals surface area contributed by atoms with Gasteiger partial charge in [-0.25, -0.2) is 0 Å². The molecule has 0 atom stereocenters. The number of benzene rings is 1. The van der Waals surface area contributed by atoms with E-state index in [9.17, 15) is 4.79 Å². The largest absolute Gasteiger partial charge is 0.469 e. The Morgan fingerprint density at radius 1 is 0.968 bits per heavy atom. The van der Waals surface area contributed by atoms with Crippen molar-refractivity contribution in [2.45, 2.75) is 72.8 Å². The highest BCUT2D eigenvalue weighted by atomic mass is 32.2. The smallest absolute Gasteiger partial charge is 0.305 e. The van der Waals surface area contributed by atoms with Crippen LogP contribution in [0.25, 0.3) is 21.8 Å². The van der Waals surface area contributed by atoms with Crippen molar-refractivity contribution in [2.24, 2.45) is 0 Å². The number of thioether (sulfide) groups is 1. The number of rotatable bonds is 2. The maximum Gasteiger partial charge on any atom is 0.305 e. The first kappa shape index (κ1) is 33.7. The molecule has 6 heteroatoms. The van der Waals surface area contributed by atoms with Crippen LogP contribution in [-0.2, 0) is 9.53 Å². The lowest BCUT2D eigenvalue weighted by atomic mass is 10.1. The van der Waals surface area contributed by atoms with Crippen LogP contribution in [0.2, 0.25) is 6.55 Å². The fourth-order valence-electron chi connectivity index (χ4n) is 2.06. The quantitative estimate of drug-likeness (QED) is 0.178. The van der Waals surface area contributed by atoms with Crippen LogP contribution in [0.15, 0.2) is 47.6 Å². The minimum atomic E-state index is -0.157. The Bertz CT molecular complexity index is 821. The van der Waals surface area contributed by atoms with Gasteiger partial charge in [-0.05, 0) is 34.7 Å². The fourth-order valence-corrected chi connectivity index (χ4v) is 2.69. The number of esters is 1. The molecule has 2 heterocycles. The van der Waals surface area contributed by atoms with Crippen molar-refractivity contribution in [3.8, 4) is 0 Å². The average Bonchev–Trinajstić information content (AvgIpc) is 2.80. The molecule has 0 aliphatic carbocycles. The van der Waals surface area contributed by atoms with E-state index in [0.717, 1.165) is 16.4 Å². The van der Waals surface area contributed by atoms with Crippen LogP contribution in [0.1, 0.15) is 61.3 Å². The Morgan fingerprint density at radius 2 is 1.45 bits per heavy atom. The summed E-state index contributed by atoms with van der Waals surface area (Å²) in [7, 11) is 2.69. The number of carbonyl (C=O) groups is 1. The van der Waals surface area contributed by atoms with Gasteiger partial charge in [0, 0.05) is 34.5 Å². The minimum Gasteiger partial charge on any atom is -0.469 e. The predicted octanol–water partition coefficient (Wildman–Crippen LogP) is 6.94. The van der Waals surface area contributed by atoms with Gasteiger partial charge >= 0.3 is 5.97 Å². The molecule has 0 radical (unpaired) electrons. The molecular weight excluding hydrogens is 420 g/mol. The summed E-state index contributed by atoms with van der Waals surface area (Å²) >= 11 is 1.75. The molecule has 0 bridgehead atoms. The molecule has 176 valence electrons. The first-order valence-corrected chi connectivity index (χ1v) is 14.0. The van der Waals surface area contributed by atoms with E-state index in [1.165, 1.54) is 40.5 Å². The van der Waals surface area contributed by atoms with E-state index >= 15 is 0 Å². The van der Waals surface area contributed by atoms with Gasteiger partial charge in [0.25, 0.3) is 0 Å². The predicted molar refractivity (Wildman–Crippen MR) is 146 cm³/mol. The van der Waals surface area contributed by atoms with Crippen molar-refractivity contribution in [3.63, 3.8) is 0 Å². The SMILES string of the molecule is C.CCC.CCC.CCC(=O)OC.CSc1cc2cccnc2c2ncccc12.C[SiH3]. The zero-order chi connectivity index (χ0) is 23.4. The normalized spacial score (nSPS) is 8.65. The van der Waals surface area contributed by atoms with Crippen molar-refractivity contribution < 1.29 is 9.53 Å². The number of nitrogens with zero attached hydrogens (tertiary/aromatic N) is 2. The number of methoxy groups -OCH3 is 1. The van der Waals surface area contributed by atoms with Crippen LogP contribution >= 0.6 is 11.8 Å². The van der Waals surface area contributed by atoms with E-state index < -0.39 is 0 Å². The van der Waals surface area contributed by atoms with Crippen LogP contribution < -0.4 is 0 Å². The molecule has 2 aromatic heterocycles. The summed E-state index contributed by atoms with van der Waals surface area (Å²) in [6.45, 7) is 12.4. The van der Waals surface area contributed by atoms with Crippen molar-refractivity contribution >= 4 is 49.8 Å². The number of ether oxygens (including phenoxy) is 1. The van der Waals surface area contributed by atoms with Crippen LogP contribution in [0.4, 0.5) is 0 Å². The summed E-state index contributed by atoms with van der Waals surface area (Å²) in [5, 5.41) is 2.33. The Morgan fingerprint density at radius 3 is 1.87 bits per heavy atom. The van der Waals surface area contributed by atoms with Crippen molar-refractivity contribution in [1.29, 1.82) is 0 Å². The topological polar surface area (TPSA) is 52.1 Å². The van der Waals surface area contributed by atoms with E-state index in [0.29, 0.717) is 6.42 Å². The van der Waals surface area contributed by atoms with Gasteiger partial charge in [-0.3, -0.25) is 14.8 Å². The summed E-state index contributed by atoms with van der Waals surface area (Å²) in [5.41, 5.74) is 1.97. The van der Waals surface area contributed by atoms with Crippen LogP contribution in [0, 0.1) is 0 Å². The molecule has 0 N–H and O–H groups in total. The Labute approximate surface area is 198 Å². The van der Waals surface area contributed by atoms with Gasteiger partial charge in [-0.1, -0.05) is 73.6 Å². The molecule has 4 nitrogen and oxygen atoms in total. The minimum absolute atomic E-state index is 0. The third-order valence-corrected chi connectivity index (χ3v) is 3.94. The van der Waals surface area contributed by atoms with Gasteiger partial charge < -0.3 is 4.74 Å². The number of hydrogen-bond donors (Lipinski definition) is 0. The van der Waals surface area contributed by atoms with Gasteiger partial charge in [0.1, 0.15) is 0 Å². The Balaban J connectivity index is -0.000000442. The van der Waals surface area contributed by atoms with Crippen molar-refractivity contribution in [1.82, 2.24) is 9.97 Å². The van der Waals surface area contributed by atoms with Crippen LogP contribution in [-0.4, -0.2) is 39.5 Å². The molecule has 31 heavy (non-hydrogen) atoms. The average molecular weight is 465 g/mol. The second-order valence-corrected chi connectivity index (χ2v) is 6.75. The van der Waals surface area contributed by atoms with Crippen LogP contribution in [0.3, 0.4) is 0 Å². The number of carbonyl (C=O) groups excluding carboxylic acids is 1. The molecule has 0 fully saturated rings. The zero-order valence-corrected chi connectivity index (χ0v) is 23.1. The first-order valence-electron chi connectivity index (χ1n) is 10.8. The number of hydrogen-bond acceptors (Lipinski definition) is 5. The molecule has 3 aromatic rings. The first-order chi connectivity index (χ1) is 14.5. The summed E-state index contributed by atoms with van der Waals surface area (Å²) in [5.74, 6) is -0.157. The van der Waals surface area contributed by atoms with E-state index in [2.05, 4.69) is 73.4 Å². The lowest BCUT2D eigenvalue weighted by Crippen LogP contribution is -1.94. The molecule has 0 spiro atoms. The number of fused-ring (bicyclic) bond motifs is 3. The maximum atomic E-state index is 9.96. The summed E-state index contributed by atoms with van der Waals surface area (Å²) in [6.07, 6.45) is 8.69. The maximum absolute atomic E-state index is 9.96. The molecule has 0 saturated carbocycles. The van der Waals surface area contributed by atoms with E-state index in [1.807, 2.05) is 24.5 Å². The molecule has 0 saturated heterocycles. The van der Waals surface area contributed by atoms with Gasteiger partial charge in [-0.2, -0.15) is 0 Å². The third kappa shape index (κ3) is 13.2. The summed E-state index contributed by atoms with van der Waals surface area (Å²) in [6, 6.07) is 10.3. The molecule has 0 unspecified atom stereocenters. The Hall–Kier alpha value is -1.92. The number of aromatic nitrogens is 2. The van der Waals surface area contributed by atoms with Crippen molar-refractivity contribution in [2.75, 3.05) is 13.4 Å². The molecular formula is C25H44N2O2SSi. The number of pyridine rings is 2. The fraction of sp³-hybridized carbons (Fsp3) is 0.480. The van der Waals surface area contributed by atoms with Gasteiger partial charge in [-0.15, -0.1) is 11.8 Å². The molecule has 3 rings (SSSR count). The summed E-state index contributed by atoms with van der Waals surface area (Å²) in [4.78, 5) is 20.1. The Kier molecular flexibility index (Phi) is 24.7. The standard InChI is InChI=1S/C13H10N2S.C4H8O2.2C3H8.CH6Si.CH4/c1-16-11-8-9-4-2-6-14-12(9)13-10(11)5-3-7-15-13;1-3-4(5)6-2;2*1-3-2;1-2;/h2-8H,1H3;3H2,1-2H3;2*3H2,1-2H3;1-2H3;1H4. The van der Waals surface area contributed by atoms with Crippen molar-refractivity contribution in [3.05, 3.63) is 42.7 Å². The molecule has 0 amide bonds. The highest BCUT2D eigenvalue weighted by molar-refractivity contribution is 7.98. The van der Waals surface area contributed by atoms with E-state index in [-0.39, 0.29) is 13.4 Å². The zero-order valence-electron chi connectivity index (χ0n) is 20.3. The molecule has 1 aromatic carbocycles. The monoisotopic (exact) mass is 464 g/mol.